The number of anilines is 1. The molecule has 1 aromatic heterocycles. The van der Waals surface area contributed by atoms with E-state index in [1.165, 1.54) is 22.2 Å². The molecule has 3 fully saturated rings. The summed E-state index contributed by atoms with van der Waals surface area (Å²) in [5.74, 6) is -0.427. The molecule has 1 N–H and O–H groups in total. The summed E-state index contributed by atoms with van der Waals surface area (Å²) < 4.78 is 56.1. The van der Waals surface area contributed by atoms with E-state index in [1.54, 1.807) is 26.1 Å². The Hall–Kier alpha value is -2.21. The zero-order valence-corrected chi connectivity index (χ0v) is 24.2. The summed E-state index contributed by atoms with van der Waals surface area (Å²) in [5, 5.41) is 7.69. The highest BCUT2D eigenvalue weighted by atomic mass is 35.5. The maximum atomic E-state index is 14.9. The van der Waals surface area contributed by atoms with Crippen LogP contribution < -0.4 is 15.6 Å². The average Bonchev–Trinajstić information content (AvgIpc) is 3.74. The van der Waals surface area contributed by atoms with Gasteiger partial charge in [-0.15, -0.1) is 0 Å². The fraction of sp³-hybridized carbons (Fsp3) is 0.630. The molecule has 2 aromatic rings. The predicted molar refractivity (Wildman–Crippen MR) is 147 cm³/mol. The maximum Gasteiger partial charge on any atom is 0.287 e. The second-order valence-corrected chi connectivity index (χ2v) is 13.6. The first-order valence-electron chi connectivity index (χ1n) is 13.5. The lowest BCUT2D eigenvalue weighted by Crippen LogP contribution is -2.53. The van der Waals surface area contributed by atoms with Gasteiger partial charge < -0.3 is 14.8 Å². The summed E-state index contributed by atoms with van der Waals surface area (Å²) in [6, 6.07) is 2.57. The Morgan fingerprint density at radius 1 is 1.26 bits per heavy atom. The first-order valence-corrected chi connectivity index (χ1v) is 15.3. The van der Waals surface area contributed by atoms with E-state index >= 15 is 0 Å². The number of rotatable bonds is 8. The van der Waals surface area contributed by atoms with E-state index < -0.39 is 26.9 Å². The highest BCUT2D eigenvalue weighted by Gasteiger charge is 2.45. The molecule has 0 bridgehead atoms. The Bertz CT molecular complexity index is 1390. The summed E-state index contributed by atoms with van der Waals surface area (Å²) in [7, 11) is -2.82. The SMILES string of the molecule is COc1c(F)cc(C2CC2)cc1S(=O)(=O)N1CCC(n2ncc(NC[C@H]3CCCOC3)c(Cl)c2=O)CC1(C)C. The zero-order valence-electron chi connectivity index (χ0n) is 22.6. The van der Waals surface area contributed by atoms with Crippen LogP contribution >= 0.6 is 11.6 Å². The fourth-order valence-corrected chi connectivity index (χ4v) is 8.01. The Morgan fingerprint density at radius 2 is 2.03 bits per heavy atom. The van der Waals surface area contributed by atoms with Crippen molar-refractivity contribution < 1.29 is 22.3 Å². The van der Waals surface area contributed by atoms with Crippen LogP contribution in [0, 0.1) is 11.7 Å². The number of nitrogens with zero attached hydrogens (tertiary/aromatic N) is 3. The fourth-order valence-electron chi connectivity index (χ4n) is 5.80. The summed E-state index contributed by atoms with van der Waals surface area (Å²) >= 11 is 6.46. The van der Waals surface area contributed by atoms with Crippen molar-refractivity contribution in [2.24, 2.45) is 5.92 Å². The highest BCUT2D eigenvalue weighted by Crippen LogP contribution is 2.45. The summed E-state index contributed by atoms with van der Waals surface area (Å²) in [6.07, 6.45) is 6.12. The Kier molecular flexibility index (Phi) is 7.98. The van der Waals surface area contributed by atoms with Gasteiger partial charge in [-0.1, -0.05) is 11.6 Å². The van der Waals surface area contributed by atoms with Crippen LogP contribution in [0.25, 0.3) is 0 Å². The van der Waals surface area contributed by atoms with Gasteiger partial charge in [0.2, 0.25) is 10.0 Å². The number of nitrogens with one attached hydrogen (secondary N) is 1. The molecule has 0 amide bonds. The number of methoxy groups -OCH3 is 1. The average molecular weight is 583 g/mol. The highest BCUT2D eigenvalue weighted by molar-refractivity contribution is 7.89. The standard InChI is InChI=1S/C27H36ClFN4O5S/c1-27(2)13-20(33-26(34)24(28)22(15-31-33)30-14-17-5-4-10-38-16-17)8-9-32(27)39(35,36)23-12-19(18-6-7-18)11-21(29)25(23)37-3/h11-12,15,17-18,20,30H,4-10,13-14,16H2,1-3H3/t17-,20?/m1/s1. The third-order valence-corrected chi connectivity index (χ3v) is 10.5. The quantitative estimate of drug-likeness (QED) is 0.486. The van der Waals surface area contributed by atoms with Crippen LogP contribution in [0.3, 0.4) is 0 Å². The molecule has 1 saturated carbocycles. The monoisotopic (exact) mass is 582 g/mol. The molecule has 5 rings (SSSR count). The lowest BCUT2D eigenvalue weighted by molar-refractivity contribution is 0.0595. The maximum absolute atomic E-state index is 14.9. The Morgan fingerprint density at radius 3 is 2.67 bits per heavy atom. The zero-order chi connectivity index (χ0) is 27.9. The first kappa shape index (κ1) is 28.3. The molecule has 214 valence electrons. The van der Waals surface area contributed by atoms with Crippen LogP contribution in [0.5, 0.6) is 5.75 Å². The van der Waals surface area contributed by atoms with E-state index in [0.717, 1.165) is 32.3 Å². The van der Waals surface area contributed by atoms with Gasteiger partial charge in [0.1, 0.15) is 9.92 Å². The van der Waals surface area contributed by atoms with Crippen LogP contribution in [-0.4, -0.2) is 61.5 Å². The third kappa shape index (κ3) is 5.68. The van der Waals surface area contributed by atoms with E-state index in [-0.39, 0.29) is 34.2 Å². The van der Waals surface area contributed by atoms with Crippen molar-refractivity contribution >= 4 is 27.3 Å². The second-order valence-electron chi connectivity index (χ2n) is 11.4. The second kappa shape index (κ2) is 11.0. The molecule has 2 saturated heterocycles. The first-order chi connectivity index (χ1) is 18.5. The van der Waals surface area contributed by atoms with E-state index in [0.29, 0.717) is 43.2 Å². The predicted octanol–water partition coefficient (Wildman–Crippen LogP) is 4.56. The number of piperidine rings is 1. The van der Waals surface area contributed by atoms with Gasteiger partial charge in [0.25, 0.3) is 5.56 Å². The molecule has 9 nitrogen and oxygen atoms in total. The molecule has 1 aliphatic carbocycles. The molecule has 0 radical (unpaired) electrons. The molecular weight excluding hydrogens is 547 g/mol. The van der Waals surface area contributed by atoms with Crippen molar-refractivity contribution in [3.63, 3.8) is 0 Å². The van der Waals surface area contributed by atoms with E-state index in [9.17, 15) is 17.6 Å². The van der Waals surface area contributed by atoms with Gasteiger partial charge >= 0.3 is 0 Å². The van der Waals surface area contributed by atoms with Crippen LogP contribution in [0.1, 0.15) is 69.9 Å². The van der Waals surface area contributed by atoms with Gasteiger partial charge in [-0.25, -0.2) is 17.5 Å². The topological polar surface area (TPSA) is 103 Å². The van der Waals surface area contributed by atoms with Crippen molar-refractivity contribution in [2.45, 2.75) is 74.8 Å². The van der Waals surface area contributed by atoms with Gasteiger partial charge in [0, 0.05) is 25.2 Å². The van der Waals surface area contributed by atoms with E-state index in [4.69, 9.17) is 21.1 Å². The van der Waals surface area contributed by atoms with Gasteiger partial charge in [0.05, 0.1) is 31.6 Å². The van der Waals surface area contributed by atoms with Crippen LogP contribution in [0.15, 0.2) is 28.0 Å². The summed E-state index contributed by atoms with van der Waals surface area (Å²) in [5.41, 5.74) is -0.147. The van der Waals surface area contributed by atoms with Crippen molar-refractivity contribution in [2.75, 3.05) is 38.7 Å². The molecule has 0 spiro atoms. The number of hydrogen-bond donors (Lipinski definition) is 1. The van der Waals surface area contributed by atoms with Crippen LogP contribution in [-0.2, 0) is 14.8 Å². The number of hydrogen-bond acceptors (Lipinski definition) is 7. The van der Waals surface area contributed by atoms with Crippen LogP contribution in [0.4, 0.5) is 10.1 Å². The normalized spacial score (nSPS) is 23.9. The summed E-state index contributed by atoms with van der Waals surface area (Å²) in [4.78, 5) is 13.0. The molecular formula is C27H36ClFN4O5S. The van der Waals surface area contributed by atoms with Crippen LogP contribution in [0.2, 0.25) is 5.02 Å². The van der Waals surface area contributed by atoms with Crippen molar-refractivity contribution in [1.82, 2.24) is 14.1 Å². The Labute approximate surface area is 233 Å². The van der Waals surface area contributed by atoms with Crippen molar-refractivity contribution in [3.8, 4) is 5.75 Å². The van der Waals surface area contributed by atoms with Crippen molar-refractivity contribution in [3.05, 3.63) is 45.1 Å². The lowest BCUT2D eigenvalue weighted by atomic mass is 9.89. The number of sulfonamides is 1. The number of benzene rings is 1. The minimum Gasteiger partial charge on any atom is -0.492 e. The third-order valence-electron chi connectivity index (χ3n) is 8.05. The number of halogens is 2. The minimum absolute atomic E-state index is 0.0617. The van der Waals surface area contributed by atoms with E-state index in [2.05, 4.69) is 10.4 Å². The Balaban J connectivity index is 1.35. The molecule has 2 atom stereocenters. The smallest absolute Gasteiger partial charge is 0.287 e. The lowest BCUT2D eigenvalue weighted by Gasteiger charge is -2.44. The molecule has 1 aromatic carbocycles. The molecule has 3 heterocycles. The molecule has 39 heavy (non-hydrogen) atoms. The van der Waals surface area contributed by atoms with Gasteiger partial charge in [-0.05, 0) is 81.9 Å². The molecule has 3 aliphatic rings. The minimum atomic E-state index is -4.10. The molecule has 1 unspecified atom stereocenters. The molecule has 12 heteroatoms. The number of aromatic nitrogens is 2. The van der Waals surface area contributed by atoms with Gasteiger partial charge in [0.15, 0.2) is 11.6 Å². The largest absolute Gasteiger partial charge is 0.492 e. The van der Waals surface area contributed by atoms with Gasteiger partial charge in [-0.2, -0.15) is 9.40 Å². The van der Waals surface area contributed by atoms with Crippen molar-refractivity contribution in [1.29, 1.82) is 0 Å². The van der Waals surface area contributed by atoms with E-state index in [1.807, 2.05) is 0 Å². The molecule has 2 aliphatic heterocycles. The summed E-state index contributed by atoms with van der Waals surface area (Å²) in [6.45, 7) is 5.84. The number of ether oxygens (including phenoxy) is 2. The van der Waals surface area contributed by atoms with Gasteiger partial charge in [-0.3, -0.25) is 4.79 Å².